The molecule has 0 aliphatic carbocycles. The second kappa shape index (κ2) is 9.07. The lowest BCUT2D eigenvalue weighted by Gasteiger charge is -2.13. The van der Waals surface area contributed by atoms with Gasteiger partial charge in [-0.05, 0) is 30.5 Å². The molecule has 106 valence electrons. The van der Waals surface area contributed by atoms with Gasteiger partial charge in [0.05, 0.1) is 19.1 Å². The maximum atomic E-state index is 11.3. The molecule has 0 saturated heterocycles. The van der Waals surface area contributed by atoms with Gasteiger partial charge in [-0.15, -0.1) is 0 Å². The van der Waals surface area contributed by atoms with Gasteiger partial charge >= 0.3 is 5.97 Å². The predicted molar refractivity (Wildman–Crippen MR) is 76.4 cm³/mol. The minimum atomic E-state index is -0.792. The number of methoxy groups -OCH3 is 1. The molecule has 1 aromatic carbocycles. The van der Waals surface area contributed by atoms with Crippen LogP contribution in [0.3, 0.4) is 0 Å². The Morgan fingerprint density at radius 2 is 1.95 bits per heavy atom. The van der Waals surface area contributed by atoms with Gasteiger partial charge in [0.1, 0.15) is 0 Å². The molecule has 0 spiro atoms. The highest BCUT2D eigenvalue weighted by molar-refractivity contribution is 9.10. The van der Waals surface area contributed by atoms with Gasteiger partial charge in [0, 0.05) is 18.2 Å². The molecule has 0 aromatic heterocycles. The van der Waals surface area contributed by atoms with Gasteiger partial charge in [-0.3, -0.25) is 4.79 Å². The van der Waals surface area contributed by atoms with Gasteiger partial charge in [-0.2, -0.15) is 0 Å². The third-order valence-electron chi connectivity index (χ3n) is 2.78. The van der Waals surface area contributed by atoms with Gasteiger partial charge in [-0.1, -0.05) is 28.1 Å². The van der Waals surface area contributed by atoms with Gasteiger partial charge in [0.2, 0.25) is 0 Å². The summed E-state index contributed by atoms with van der Waals surface area (Å²) in [7, 11) is 1.62. The predicted octanol–water partition coefficient (Wildman–Crippen LogP) is 3.06. The number of benzene rings is 1. The van der Waals surface area contributed by atoms with E-state index in [1.54, 1.807) is 7.11 Å². The molecule has 0 radical (unpaired) electrons. The lowest BCUT2D eigenvalue weighted by atomic mass is 9.94. The Bertz CT molecular complexity index is 378. The van der Waals surface area contributed by atoms with Crippen molar-refractivity contribution >= 4 is 21.9 Å². The third kappa shape index (κ3) is 6.18. The molecular formula is C14H19BrO4. The number of ether oxygens (including phenoxy) is 2. The van der Waals surface area contributed by atoms with Gasteiger partial charge in [0.15, 0.2) is 0 Å². The third-order valence-corrected chi connectivity index (χ3v) is 3.31. The molecule has 1 N–H and O–H groups in total. The standard InChI is InChI=1S/C14H19BrO4/c1-18-9-10-19-8-2-3-13(14(16)17)11-4-6-12(15)7-5-11/h4-7,13H,2-3,8-10H2,1H3,(H,16,17). The lowest BCUT2D eigenvalue weighted by Crippen LogP contribution is -2.13. The van der Waals surface area contributed by atoms with Crippen molar-refractivity contribution in [1.82, 2.24) is 0 Å². The molecule has 1 unspecified atom stereocenters. The zero-order chi connectivity index (χ0) is 14.1. The topological polar surface area (TPSA) is 55.8 Å². The van der Waals surface area contributed by atoms with E-state index >= 15 is 0 Å². The van der Waals surface area contributed by atoms with Crippen LogP contribution < -0.4 is 0 Å². The SMILES string of the molecule is COCCOCCCC(C(=O)O)c1ccc(Br)cc1. The Balaban J connectivity index is 2.41. The largest absolute Gasteiger partial charge is 0.481 e. The van der Waals surface area contributed by atoms with Crippen LogP contribution in [-0.4, -0.2) is 38.0 Å². The Morgan fingerprint density at radius 1 is 1.26 bits per heavy atom. The van der Waals surface area contributed by atoms with Crippen LogP contribution in [-0.2, 0) is 14.3 Å². The summed E-state index contributed by atoms with van der Waals surface area (Å²) in [5.74, 6) is -1.27. The van der Waals surface area contributed by atoms with Crippen molar-refractivity contribution in [3.8, 4) is 0 Å². The summed E-state index contributed by atoms with van der Waals surface area (Å²) in [5, 5.41) is 9.26. The first-order valence-electron chi connectivity index (χ1n) is 6.20. The van der Waals surface area contributed by atoms with Crippen molar-refractivity contribution < 1.29 is 19.4 Å². The van der Waals surface area contributed by atoms with E-state index < -0.39 is 11.9 Å². The number of halogens is 1. The molecule has 1 aromatic rings. The first-order chi connectivity index (χ1) is 9.15. The van der Waals surface area contributed by atoms with E-state index in [-0.39, 0.29) is 0 Å². The monoisotopic (exact) mass is 330 g/mol. The fourth-order valence-corrected chi connectivity index (χ4v) is 2.03. The molecule has 0 bridgehead atoms. The Labute approximate surface area is 121 Å². The van der Waals surface area contributed by atoms with Crippen LogP contribution in [0.2, 0.25) is 0 Å². The normalized spacial score (nSPS) is 12.3. The molecule has 0 heterocycles. The molecule has 19 heavy (non-hydrogen) atoms. The molecule has 1 rings (SSSR count). The van der Waals surface area contributed by atoms with E-state index in [2.05, 4.69) is 15.9 Å². The summed E-state index contributed by atoms with van der Waals surface area (Å²) >= 11 is 3.34. The zero-order valence-electron chi connectivity index (χ0n) is 11.0. The van der Waals surface area contributed by atoms with Crippen LogP contribution in [0, 0.1) is 0 Å². The Kier molecular flexibility index (Phi) is 7.70. The smallest absolute Gasteiger partial charge is 0.310 e. The average Bonchev–Trinajstić information content (AvgIpc) is 2.39. The van der Waals surface area contributed by atoms with Crippen LogP contribution in [0.4, 0.5) is 0 Å². The Morgan fingerprint density at radius 3 is 2.53 bits per heavy atom. The minimum absolute atomic E-state index is 0.473. The second-order valence-electron chi connectivity index (χ2n) is 4.19. The van der Waals surface area contributed by atoms with Crippen molar-refractivity contribution in [2.45, 2.75) is 18.8 Å². The molecule has 0 aliphatic rings. The maximum absolute atomic E-state index is 11.3. The quantitative estimate of drug-likeness (QED) is 0.707. The van der Waals surface area contributed by atoms with Crippen LogP contribution in [0.25, 0.3) is 0 Å². The maximum Gasteiger partial charge on any atom is 0.310 e. The van der Waals surface area contributed by atoms with Crippen molar-refractivity contribution in [2.24, 2.45) is 0 Å². The van der Waals surface area contributed by atoms with Crippen LogP contribution in [0.1, 0.15) is 24.3 Å². The van der Waals surface area contributed by atoms with Gasteiger partial charge < -0.3 is 14.6 Å². The molecule has 0 fully saturated rings. The van der Waals surface area contributed by atoms with Crippen LogP contribution in [0.15, 0.2) is 28.7 Å². The van der Waals surface area contributed by atoms with Crippen molar-refractivity contribution in [1.29, 1.82) is 0 Å². The number of carboxylic acids is 1. The number of carboxylic acid groups (broad SMARTS) is 1. The lowest BCUT2D eigenvalue weighted by molar-refractivity contribution is -0.139. The molecule has 1 atom stereocenters. The number of hydrogen-bond acceptors (Lipinski definition) is 3. The van der Waals surface area contributed by atoms with Crippen LogP contribution >= 0.6 is 15.9 Å². The zero-order valence-corrected chi connectivity index (χ0v) is 12.6. The number of carbonyl (C=O) groups is 1. The van der Waals surface area contributed by atoms with Gasteiger partial charge in [0.25, 0.3) is 0 Å². The minimum Gasteiger partial charge on any atom is -0.481 e. The summed E-state index contributed by atoms with van der Waals surface area (Å²) in [4.78, 5) is 11.3. The molecule has 0 amide bonds. The van der Waals surface area contributed by atoms with Crippen LogP contribution in [0.5, 0.6) is 0 Å². The molecule has 0 aliphatic heterocycles. The fraction of sp³-hybridized carbons (Fsp3) is 0.500. The molecule has 4 nitrogen and oxygen atoms in total. The van der Waals surface area contributed by atoms with E-state index in [0.29, 0.717) is 26.2 Å². The van der Waals surface area contributed by atoms with E-state index in [1.807, 2.05) is 24.3 Å². The highest BCUT2D eigenvalue weighted by Crippen LogP contribution is 2.23. The van der Waals surface area contributed by atoms with Gasteiger partial charge in [-0.25, -0.2) is 0 Å². The second-order valence-corrected chi connectivity index (χ2v) is 5.11. The summed E-state index contributed by atoms with van der Waals surface area (Å²) in [6.07, 6.45) is 1.29. The highest BCUT2D eigenvalue weighted by atomic mass is 79.9. The summed E-state index contributed by atoms with van der Waals surface area (Å²) in [6, 6.07) is 7.41. The Hall–Kier alpha value is -0.910. The molecule has 5 heteroatoms. The summed E-state index contributed by atoms with van der Waals surface area (Å²) in [5.41, 5.74) is 0.826. The van der Waals surface area contributed by atoms with Crippen molar-refractivity contribution in [3.63, 3.8) is 0 Å². The van der Waals surface area contributed by atoms with Crippen molar-refractivity contribution in [3.05, 3.63) is 34.3 Å². The first-order valence-corrected chi connectivity index (χ1v) is 6.99. The van der Waals surface area contributed by atoms with E-state index in [1.165, 1.54) is 0 Å². The van der Waals surface area contributed by atoms with Crippen molar-refractivity contribution in [2.75, 3.05) is 26.9 Å². The number of aliphatic carboxylic acids is 1. The highest BCUT2D eigenvalue weighted by Gasteiger charge is 2.19. The van der Waals surface area contributed by atoms with E-state index in [4.69, 9.17) is 9.47 Å². The average molecular weight is 331 g/mol. The van der Waals surface area contributed by atoms with E-state index in [9.17, 15) is 9.90 Å². The molecular weight excluding hydrogens is 312 g/mol. The summed E-state index contributed by atoms with van der Waals surface area (Å²) < 4.78 is 11.1. The number of rotatable bonds is 9. The molecule has 0 saturated carbocycles. The number of hydrogen-bond donors (Lipinski definition) is 1. The van der Waals surface area contributed by atoms with E-state index in [0.717, 1.165) is 16.5 Å². The fourth-order valence-electron chi connectivity index (χ4n) is 1.76. The first kappa shape index (κ1) is 16.1. The summed E-state index contributed by atoms with van der Waals surface area (Å²) in [6.45, 7) is 1.67.